The molecule has 1 aromatic heterocycles. The van der Waals surface area contributed by atoms with Gasteiger partial charge in [-0.05, 0) is 25.5 Å². The van der Waals surface area contributed by atoms with Crippen molar-refractivity contribution in [1.82, 2.24) is 9.88 Å². The van der Waals surface area contributed by atoms with Gasteiger partial charge >= 0.3 is 0 Å². The largest absolute Gasteiger partial charge is 0.395 e. The quantitative estimate of drug-likeness (QED) is 0.809. The average molecular weight is 222 g/mol. The lowest BCUT2D eigenvalue weighted by Crippen LogP contribution is -2.36. The van der Waals surface area contributed by atoms with E-state index in [1.165, 1.54) is 0 Å². The van der Waals surface area contributed by atoms with E-state index in [4.69, 9.17) is 5.11 Å². The summed E-state index contributed by atoms with van der Waals surface area (Å²) in [6.07, 6.45) is 3.39. The molecule has 0 aliphatic heterocycles. The molecule has 1 unspecified atom stereocenters. The van der Waals surface area contributed by atoms with E-state index < -0.39 is 0 Å². The highest BCUT2D eigenvalue weighted by Crippen LogP contribution is 2.16. The molecule has 1 rings (SSSR count). The van der Waals surface area contributed by atoms with Gasteiger partial charge in [0.2, 0.25) is 5.91 Å². The topological polar surface area (TPSA) is 53.4 Å². The van der Waals surface area contributed by atoms with E-state index in [0.717, 1.165) is 5.56 Å². The zero-order chi connectivity index (χ0) is 12.0. The summed E-state index contributed by atoms with van der Waals surface area (Å²) in [5.74, 6) is -0.176. The molecule has 4 nitrogen and oxygen atoms in total. The van der Waals surface area contributed by atoms with E-state index in [0.29, 0.717) is 13.1 Å². The zero-order valence-electron chi connectivity index (χ0n) is 9.76. The van der Waals surface area contributed by atoms with Crippen LogP contribution in [-0.2, 0) is 4.79 Å². The van der Waals surface area contributed by atoms with Crippen LogP contribution in [0.3, 0.4) is 0 Å². The summed E-state index contributed by atoms with van der Waals surface area (Å²) in [5, 5.41) is 8.86. The number of carbonyl (C=O) groups is 1. The lowest BCUT2D eigenvalue weighted by molar-refractivity contribution is -0.132. The van der Waals surface area contributed by atoms with Crippen LogP contribution >= 0.6 is 0 Å². The van der Waals surface area contributed by atoms with Crippen LogP contribution in [0.4, 0.5) is 0 Å². The molecule has 88 valence electrons. The van der Waals surface area contributed by atoms with Gasteiger partial charge < -0.3 is 10.0 Å². The monoisotopic (exact) mass is 222 g/mol. The summed E-state index contributed by atoms with van der Waals surface area (Å²) < 4.78 is 0. The standard InChI is InChI=1S/C12H18N2O2/c1-3-14(7-8-15)12(16)10(2)11-5-4-6-13-9-11/h4-6,9-10,15H,3,7-8H2,1-2H3. The molecule has 0 aromatic carbocycles. The van der Waals surface area contributed by atoms with Gasteiger partial charge in [0.25, 0.3) is 0 Å². The number of amides is 1. The van der Waals surface area contributed by atoms with Crippen LogP contribution in [0.5, 0.6) is 0 Å². The molecule has 0 aliphatic rings. The van der Waals surface area contributed by atoms with Crippen molar-refractivity contribution >= 4 is 5.91 Å². The van der Waals surface area contributed by atoms with Crippen molar-refractivity contribution < 1.29 is 9.90 Å². The molecular formula is C12H18N2O2. The first-order valence-electron chi connectivity index (χ1n) is 5.50. The summed E-state index contributed by atoms with van der Waals surface area (Å²) in [7, 11) is 0. The normalized spacial score (nSPS) is 12.2. The van der Waals surface area contributed by atoms with E-state index in [1.54, 1.807) is 17.3 Å². The molecule has 0 radical (unpaired) electrons. The Morgan fingerprint density at radius 3 is 2.88 bits per heavy atom. The van der Waals surface area contributed by atoms with Gasteiger partial charge in [-0.25, -0.2) is 0 Å². The number of hydrogen-bond acceptors (Lipinski definition) is 3. The van der Waals surface area contributed by atoms with Gasteiger partial charge in [0.05, 0.1) is 12.5 Å². The van der Waals surface area contributed by atoms with Gasteiger partial charge in [-0.1, -0.05) is 6.07 Å². The molecule has 1 heterocycles. The van der Waals surface area contributed by atoms with Crippen LogP contribution in [0.2, 0.25) is 0 Å². The molecule has 16 heavy (non-hydrogen) atoms. The zero-order valence-corrected chi connectivity index (χ0v) is 9.76. The van der Waals surface area contributed by atoms with Crippen LogP contribution in [0, 0.1) is 0 Å². The first-order valence-corrected chi connectivity index (χ1v) is 5.50. The second-order valence-corrected chi connectivity index (χ2v) is 3.65. The van der Waals surface area contributed by atoms with Crippen molar-refractivity contribution in [3.8, 4) is 0 Å². The smallest absolute Gasteiger partial charge is 0.229 e. The summed E-state index contributed by atoms with van der Waals surface area (Å²) in [6.45, 7) is 4.77. The summed E-state index contributed by atoms with van der Waals surface area (Å²) in [5.41, 5.74) is 0.906. The van der Waals surface area contributed by atoms with Gasteiger partial charge in [0, 0.05) is 25.5 Å². The molecule has 1 aromatic rings. The Labute approximate surface area is 95.9 Å². The maximum absolute atomic E-state index is 12.1. The number of likely N-dealkylation sites (N-methyl/N-ethyl adjacent to an activating group) is 1. The Hall–Kier alpha value is -1.42. The second kappa shape index (κ2) is 6.23. The van der Waals surface area contributed by atoms with Gasteiger partial charge in [-0.15, -0.1) is 0 Å². The maximum Gasteiger partial charge on any atom is 0.229 e. The minimum absolute atomic E-state index is 0.000655. The summed E-state index contributed by atoms with van der Waals surface area (Å²) in [4.78, 5) is 17.7. The predicted octanol–water partition coefficient (Wildman–Crippen LogP) is 1.03. The lowest BCUT2D eigenvalue weighted by atomic mass is 10.0. The van der Waals surface area contributed by atoms with Crippen molar-refractivity contribution in [1.29, 1.82) is 0 Å². The number of aliphatic hydroxyl groups is 1. The second-order valence-electron chi connectivity index (χ2n) is 3.65. The Morgan fingerprint density at radius 2 is 2.38 bits per heavy atom. The first-order chi connectivity index (χ1) is 7.70. The molecule has 0 fully saturated rings. The molecule has 1 atom stereocenters. The highest BCUT2D eigenvalue weighted by Gasteiger charge is 2.20. The van der Waals surface area contributed by atoms with Crippen LogP contribution < -0.4 is 0 Å². The molecule has 4 heteroatoms. The van der Waals surface area contributed by atoms with Crippen LogP contribution in [0.15, 0.2) is 24.5 Å². The number of carbonyl (C=O) groups excluding carboxylic acids is 1. The van der Waals surface area contributed by atoms with E-state index >= 15 is 0 Å². The lowest BCUT2D eigenvalue weighted by Gasteiger charge is -2.23. The third-order valence-electron chi connectivity index (χ3n) is 2.62. The fourth-order valence-corrected chi connectivity index (χ4v) is 1.59. The highest BCUT2D eigenvalue weighted by molar-refractivity contribution is 5.83. The molecular weight excluding hydrogens is 204 g/mol. The molecule has 0 saturated carbocycles. The van der Waals surface area contributed by atoms with Crippen molar-refractivity contribution in [3.63, 3.8) is 0 Å². The van der Waals surface area contributed by atoms with Crippen molar-refractivity contribution in [2.75, 3.05) is 19.7 Å². The Balaban J connectivity index is 2.73. The maximum atomic E-state index is 12.1. The number of nitrogens with zero attached hydrogens (tertiary/aromatic N) is 2. The van der Waals surface area contributed by atoms with E-state index in [2.05, 4.69) is 4.98 Å². The molecule has 1 amide bonds. The number of hydrogen-bond donors (Lipinski definition) is 1. The van der Waals surface area contributed by atoms with Crippen molar-refractivity contribution in [2.24, 2.45) is 0 Å². The molecule has 0 spiro atoms. The fraction of sp³-hybridized carbons (Fsp3) is 0.500. The van der Waals surface area contributed by atoms with Crippen LogP contribution in [0.1, 0.15) is 25.3 Å². The minimum atomic E-state index is -0.208. The number of rotatable bonds is 5. The van der Waals surface area contributed by atoms with E-state index in [-0.39, 0.29) is 18.4 Å². The third-order valence-corrected chi connectivity index (χ3v) is 2.62. The summed E-state index contributed by atoms with van der Waals surface area (Å²) in [6, 6.07) is 3.71. The van der Waals surface area contributed by atoms with Gasteiger partial charge in [-0.3, -0.25) is 9.78 Å². The average Bonchev–Trinajstić information content (AvgIpc) is 2.35. The molecule has 0 aliphatic carbocycles. The minimum Gasteiger partial charge on any atom is -0.395 e. The molecule has 1 N–H and O–H groups in total. The van der Waals surface area contributed by atoms with Gasteiger partial charge in [0.1, 0.15) is 0 Å². The SMILES string of the molecule is CCN(CCO)C(=O)C(C)c1cccnc1. The van der Waals surface area contributed by atoms with Gasteiger partial charge in [0.15, 0.2) is 0 Å². The number of aliphatic hydroxyl groups excluding tert-OH is 1. The van der Waals surface area contributed by atoms with E-state index in [9.17, 15) is 4.79 Å². The Bertz CT molecular complexity index is 327. The van der Waals surface area contributed by atoms with Crippen molar-refractivity contribution in [3.05, 3.63) is 30.1 Å². The van der Waals surface area contributed by atoms with Crippen molar-refractivity contribution in [2.45, 2.75) is 19.8 Å². The van der Waals surface area contributed by atoms with Crippen LogP contribution in [0.25, 0.3) is 0 Å². The predicted molar refractivity (Wildman–Crippen MR) is 62.0 cm³/mol. The van der Waals surface area contributed by atoms with Crippen LogP contribution in [-0.4, -0.2) is 40.6 Å². The Kier molecular flexibility index (Phi) is 4.92. The molecule has 0 bridgehead atoms. The first kappa shape index (κ1) is 12.6. The van der Waals surface area contributed by atoms with E-state index in [1.807, 2.05) is 26.0 Å². The number of pyridine rings is 1. The summed E-state index contributed by atoms with van der Waals surface area (Å²) >= 11 is 0. The fourth-order valence-electron chi connectivity index (χ4n) is 1.59. The highest BCUT2D eigenvalue weighted by atomic mass is 16.3. The van der Waals surface area contributed by atoms with Gasteiger partial charge in [-0.2, -0.15) is 0 Å². The molecule has 0 saturated heterocycles. The Morgan fingerprint density at radius 1 is 1.62 bits per heavy atom. The number of aromatic nitrogens is 1. The third kappa shape index (κ3) is 3.03.